The highest BCUT2D eigenvalue weighted by molar-refractivity contribution is 5.30. The maximum atomic E-state index is 12.9. The van der Waals surface area contributed by atoms with Gasteiger partial charge in [-0.1, -0.05) is 11.6 Å². The van der Waals surface area contributed by atoms with Crippen molar-refractivity contribution in [1.29, 1.82) is 0 Å². The molecule has 0 saturated carbocycles. The Labute approximate surface area is 82.9 Å². The van der Waals surface area contributed by atoms with E-state index in [2.05, 4.69) is 6.58 Å². The van der Waals surface area contributed by atoms with Crippen molar-refractivity contribution < 1.29 is 9.50 Å². The van der Waals surface area contributed by atoms with Gasteiger partial charge < -0.3 is 10.8 Å². The normalized spacial score (nSPS) is 12.5. The summed E-state index contributed by atoms with van der Waals surface area (Å²) in [5.74, 6) is -0.990. The first-order chi connectivity index (χ1) is 6.50. The van der Waals surface area contributed by atoms with Gasteiger partial charge >= 0.3 is 0 Å². The van der Waals surface area contributed by atoms with Crippen molar-refractivity contribution in [3.8, 4) is 5.75 Å². The minimum Gasteiger partial charge on any atom is -0.505 e. The topological polar surface area (TPSA) is 46.2 Å². The van der Waals surface area contributed by atoms with Gasteiger partial charge in [-0.3, -0.25) is 0 Å². The fourth-order valence-corrected chi connectivity index (χ4v) is 1.25. The maximum absolute atomic E-state index is 12.9. The molecule has 0 bridgehead atoms. The molecular formula is C11H14FNO. The Morgan fingerprint density at radius 3 is 2.79 bits per heavy atom. The van der Waals surface area contributed by atoms with Gasteiger partial charge in [-0.15, -0.1) is 6.58 Å². The number of phenols is 1. The fraction of sp³-hybridized carbons (Fsp3) is 0.273. The van der Waals surface area contributed by atoms with E-state index >= 15 is 0 Å². The molecule has 0 aliphatic heterocycles. The first-order valence-corrected chi connectivity index (χ1v) is 4.39. The summed E-state index contributed by atoms with van der Waals surface area (Å²) >= 11 is 0. The lowest BCUT2D eigenvalue weighted by Gasteiger charge is -2.11. The molecule has 0 radical (unpaired) electrons. The number of phenolic OH excluding ortho intramolecular Hbond substituents is 1. The van der Waals surface area contributed by atoms with Crippen LogP contribution >= 0.6 is 0 Å². The van der Waals surface area contributed by atoms with Gasteiger partial charge in [0, 0.05) is 6.04 Å². The minimum absolute atomic E-state index is 0.261. The molecule has 0 unspecified atom stereocenters. The predicted octanol–water partition coefficient (Wildman–Crippen LogP) is 2.50. The third kappa shape index (κ3) is 2.57. The van der Waals surface area contributed by atoms with Gasteiger partial charge in [0.15, 0.2) is 11.6 Å². The van der Waals surface area contributed by atoms with Crippen LogP contribution in [0.3, 0.4) is 0 Å². The fourth-order valence-electron chi connectivity index (χ4n) is 1.25. The van der Waals surface area contributed by atoms with Crippen LogP contribution in [0.4, 0.5) is 4.39 Å². The number of hydrogen-bond acceptors (Lipinski definition) is 2. The number of hydrogen-bond donors (Lipinski definition) is 2. The van der Waals surface area contributed by atoms with Crippen LogP contribution in [-0.2, 0) is 0 Å². The van der Waals surface area contributed by atoms with Crippen LogP contribution in [0.25, 0.3) is 0 Å². The Morgan fingerprint density at radius 1 is 1.64 bits per heavy atom. The third-order valence-electron chi connectivity index (χ3n) is 1.97. The first-order valence-electron chi connectivity index (χ1n) is 4.39. The van der Waals surface area contributed by atoms with Crippen LogP contribution in [0.15, 0.2) is 30.4 Å². The van der Waals surface area contributed by atoms with Gasteiger partial charge in [-0.25, -0.2) is 4.39 Å². The van der Waals surface area contributed by atoms with Crippen LogP contribution in [-0.4, -0.2) is 5.11 Å². The van der Waals surface area contributed by atoms with E-state index in [9.17, 15) is 4.39 Å². The summed E-state index contributed by atoms with van der Waals surface area (Å²) in [7, 11) is 0. The van der Waals surface area contributed by atoms with Crippen molar-refractivity contribution >= 4 is 0 Å². The average Bonchev–Trinajstić information content (AvgIpc) is 2.08. The highest BCUT2D eigenvalue weighted by atomic mass is 19.1. The van der Waals surface area contributed by atoms with Crippen molar-refractivity contribution in [3.63, 3.8) is 0 Å². The highest BCUT2D eigenvalue weighted by Gasteiger charge is 2.08. The zero-order valence-electron chi connectivity index (χ0n) is 8.13. The summed E-state index contributed by atoms with van der Waals surface area (Å²) in [5, 5.41) is 8.97. The van der Waals surface area contributed by atoms with Crippen molar-refractivity contribution in [3.05, 3.63) is 41.7 Å². The zero-order valence-corrected chi connectivity index (χ0v) is 8.13. The molecule has 0 saturated heterocycles. The Kier molecular flexibility index (Phi) is 3.25. The standard InChI is InChI=1S/C11H14FNO/c1-7(2)5-10(13)8-3-4-11(14)9(12)6-8/h3-4,6,10,14H,1,5,13H2,2H3/t10-/m1/s1. The van der Waals surface area contributed by atoms with E-state index in [1.807, 2.05) is 6.92 Å². The second-order valence-corrected chi connectivity index (χ2v) is 3.48. The van der Waals surface area contributed by atoms with E-state index in [0.29, 0.717) is 12.0 Å². The van der Waals surface area contributed by atoms with E-state index in [1.165, 1.54) is 12.1 Å². The van der Waals surface area contributed by atoms with Crippen LogP contribution in [0.1, 0.15) is 24.9 Å². The summed E-state index contributed by atoms with van der Waals surface area (Å²) in [5.41, 5.74) is 7.43. The molecule has 1 rings (SSSR count). The molecule has 0 amide bonds. The van der Waals surface area contributed by atoms with E-state index in [1.54, 1.807) is 6.07 Å². The highest BCUT2D eigenvalue weighted by Crippen LogP contribution is 2.22. The molecule has 1 atom stereocenters. The summed E-state index contributed by atoms with van der Waals surface area (Å²) in [6.45, 7) is 5.61. The molecule has 76 valence electrons. The van der Waals surface area contributed by atoms with E-state index in [4.69, 9.17) is 10.8 Å². The Hall–Kier alpha value is -1.35. The lowest BCUT2D eigenvalue weighted by atomic mass is 10.0. The summed E-state index contributed by atoms with van der Waals surface area (Å²) < 4.78 is 12.9. The minimum atomic E-state index is -0.639. The molecular weight excluding hydrogens is 181 g/mol. The SMILES string of the molecule is C=C(C)C[C@@H](N)c1ccc(O)c(F)c1. The van der Waals surface area contributed by atoms with Crippen LogP contribution < -0.4 is 5.73 Å². The number of aromatic hydroxyl groups is 1. The van der Waals surface area contributed by atoms with Crippen molar-refractivity contribution in [2.45, 2.75) is 19.4 Å². The van der Waals surface area contributed by atoms with Crippen molar-refractivity contribution in [1.82, 2.24) is 0 Å². The Balaban J connectivity index is 2.85. The predicted molar refractivity (Wildman–Crippen MR) is 54.4 cm³/mol. The van der Waals surface area contributed by atoms with Gasteiger partial charge in [-0.05, 0) is 31.0 Å². The maximum Gasteiger partial charge on any atom is 0.165 e. The number of nitrogens with two attached hydrogens (primary N) is 1. The van der Waals surface area contributed by atoms with Crippen molar-refractivity contribution in [2.75, 3.05) is 0 Å². The lowest BCUT2D eigenvalue weighted by Crippen LogP contribution is -2.10. The van der Waals surface area contributed by atoms with Crippen molar-refractivity contribution in [2.24, 2.45) is 5.73 Å². The van der Waals surface area contributed by atoms with Gasteiger partial charge in [0.2, 0.25) is 0 Å². The van der Waals surface area contributed by atoms with Gasteiger partial charge in [0.25, 0.3) is 0 Å². The summed E-state index contributed by atoms with van der Waals surface area (Å²) in [6.07, 6.45) is 0.615. The second kappa shape index (κ2) is 4.24. The zero-order chi connectivity index (χ0) is 10.7. The average molecular weight is 195 g/mol. The van der Waals surface area contributed by atoms with E-state index < -0.39 is 5.82 Å². The Bertz CT molecular complexity index is 349. The lowest BCUT2D eigenvalue weighted by molar-refractivity contribution is 0.431. The molecule has 14 heavy (non-hydrogen) atoms. The van der Waals surface area contributed by atoms with Crippen LogP contribution in [0.5, 0.6) is 5.75 Å². The number of halogens is 1. The molecule has 0 spiro atoms. The first kappa shape index (κ1) is 10.7. The summed E-state index contributed by atoms with van der Waals surface area (Å²) in [4.78, 5) is 0. The second-order valence-electron chi connectivity index (χ2n) is 3.48. The van der Waals surface area contributed by atoms with Gasteiger partial charge in [0.05, 0.1) is 0 Å². The molecule has 0 aliphatic carbocycles. The number of benzene rings is 1. The smallest absolute Gasteiger partial charge is 0.165 e. The molecule has 1 aromatic carbocycles. The molecule has 0 aliphatic rings. The van der Waals surface area contributed by atoms with Crippen LogP contribution in [0, 0.1) is 5.82 Å². The largest absolute Gasteiger partial charge is 0.505 e. The van der Waals surface area contributed by atoms with Gasteiger partial charge in [0.1, 0.15) is 0 Å². The molecule has 1 aromatic rings. The van der Waals surface area contributed by atoms with Crippen LogP contribution in [0.2, 0.25) is 0 Å². The third-order valence-corrected chi connectivity index (χ3v) is 1.97. The Morgan fingerprint density at radius 2 is 2.29 bits per heavy atom. The molecule has 3 heteroatoms. The monoisotopic (exact) mass is 195 g/mol. The summed E-state index contributed by atoms with van der Waals surface area (Å²) in [6, 6.07) is 3.92. The quantitative estimate of drug-likeness (QED) is 0.728. The van der Waals surface area contributed by atoms with E-state index in [-0.39, 0.29) is 11.8 Å². The number of rotatable bonds is 3. The van der Waals surface area contributed by atoms with E-state index in [0.717, 1.165) is 5.57 Å². The molecule has 0 aromatic heterocycles. The molecule has 2 nitrogen and oxygen atoms in total. The molecule has 0 fully saturated rings. The molecule has 3 N–H and O–H groups in total. The van der Waals surface area contributed by atoms with Gasteiger partial charge in [-0.2, -0.15) is 0 Å². The molecule has 0 heterocycles.